The number of nitrogens with zero attached hydrogens (tertiary/aromatic N) is 2. The van der Waals surface area contributed by atoms with Gasteiger partial charge in [0.25, 0.3) is 10.0 Å². The first-order valence-corrected chi connectivity index (χ1v) is 16.9. The summed E-state index contributed by atoms with van der Waals surface area (Å²) in [7, 11) is -4.16. The third-order valence-corrected chi connectivity index (χ3v) is 9.81. The largest absolute Gasteiger partial charge is 0.354 e. The zero-order valence-corrected chi connectivity index (χ0v) is 27.5. The highest BCUT2D eigenvalue weighted by Gasteiger charge is 2.35. The molecule has 0 spiro atoms. The monoisotopic (exact) mass is 645 g/mol. The molecule has 4 aromatic carbocycles. The lowest BCUT2D eigenvalue weighted by atomic mass is 10.0. The van der Waals surface area contributed by atoms with Crippen LogP contribution in [-0.4, -0.2) is 44.3 Å². The second-order valence-electron chi connectivity index (χ2n) is 11.0. The van der Waals surface area contributed by atoms with Crippen molar-refractivity contribution in [1.29, 1.82) is 0 Å². The van der Waals surface area contributed by atoms with Gasteiger partial charge in [-0.25, -0.2) is 8.42 Å². The zero-order chi connectivity index (χ0) is 32.4. The Hall–Kier alpha value is -4.14. The highest BCUT2D eigenvalue weighted by atomic mass is 35.5. The number of unbranched alkanes of at least 4 members (excludes halogenated alkanes) is 1. The molecule has 0 fully saturated rings. The van der Waals surface area contributed by atoms with Crippen LogP contribution in [0.5, 0.6) is 0 Å². The maximum Gasteiger partial charge on any atom is 0.264 e. The molecular weight excluding hydrogens is 606 g/mol. The lowest BCUT2D eigenvalue weighted by molar-refractivity contribution is -0.140. The summed E-state index contributed by atoms with van der Waals surface area (Å²) in [4.78, 5) is 30.0. The van der Waals surface area contributed by atoms with E-state index in [0.717, 1.165) is 39.4 Å². The number of hydrogen-bond donors (Lipinski definition) is 1. The molecule has 9 heteroatoms. The van der Waals surface area contributed by atoms with Crippen molar-refractivity contribution in [1.82, 2.24) is 10.2 Å². The van der Waals surface area contributed by atoms with Gasteiger partial charge in [0, 0.05) is 24.5 Å². The van der Waals surface area contributed by atoms with Crippen molar-refractivity contribution in [2.45, 2.75) is 57.5 Å². The Balaban J connectivity index is 1.81. The molecule has 0 saturated carbocycles. The molecular formula is C36H40ClN3O4S. The van der Waals surface area contributed by atoms with Crippen LogP contribution in [0, 0.1) is 13.8 Å². The number of hydrogen-bond acceptors (Lipinski definition) is 4. The summed E-state index contributed by atoms with van der Waals surface area (Å²) in [5.41, 5.74) is 3.63. The molecule has 0 radical (unpaired) electrons. The molecule has 0 aromatic heterocycles. The third kappa shape index (κ3) is 8.74. The minimum Gasteiger partial charge on any atom is -0.354 e. The second kappa shape index (κ2) is 15.7. The maximum absolute atomic E-state index is 14.6. The number of carbonyl (C=O) groups is 2. The van der Waals surface area contributed by atoms with Crippen molar-refractivity contribution < 1.29 is 18.0 Å². The first-order valence-electron chi connectivity index (χ1n) is 15.1. The van der Waals surface area contributed by atoms with Crippen LogP contribution in [0.25, 0.3) is 0 Å². The molecule has 7 nitrogen and oxygen atoms in total. The Labute approximate surface area is 271 Å². The number of amides is 2. The summed E-state index contributed by atoms with van der Waals surface area (Å²) in [6.07, 6.45) is 1.94. The van der Waals surface area contributed by atoms with Crippen LogP contribution in [0.4, 0.5) is 5.69 Å². The minimum absolute atomic E-state index is 0.0596. The summed E-state index contributed by atoms with van der Waals surface area (Å²) in [6.45, 7) is 5.80. The fourth-order valence-electron chi connectivity index (χ4n) is 5.13. The van der Waals surface area contributed by atoms with E-state index in [9.17, 15) is 18.0 Å². The van der Waals surface area contributed by atoms with Gasteiger partial charge in [-0.2, -0.15) is 0 Å². The quantitative estimate of drug-likeness (QED) is 0.155. The Bertz CT molecular complexity index is 1700. The van der Waals surface area contributed by atoms with E-state index in [0.29, 0.717) is 17.3 Å². The molecule has 0 bridgehead atoms. The number of carbonyl (C=O) groups excluding carboxylic acids is 2. The van der Waals surface area contributed by atoms with E-state index >= 15 is 0 Å². The molecule has 0 heterocycles. The number of anilines is 1. The van der Waals surface area contributed by atoms with Crippen LogP contribution in [0.1, 0.15) is 42.0 Å². The Kier molecular flexibility index (Phi) is 11.8. The standard InChI is InChI=1S/C36H40ClN3O4S/c1-4-5-22-38-36(42)34(24-29-15-8-6-9-16-29)39(25-30-17-13-18-31(37)23-30)35(41)26-40(33-21-12-14-27(2)28(33)3)45(43,44)32-19-10-7-11-20-32/h6-21,23,34H,4-5,22,24-26H2,1-3H3,(H,38,42)/t34-/m1/s1. The molecule has 0 aliphatic heterocycles. The van der Waals surface area contributed by atoms with Gasteiger partial charge in [0.15, 0.2) is 0 Å². The summed E-state index contributed by atoms with van der Waals surface area (Å²) in [6, 6.07) is 29.2. The molecule has 0 saturated heterocycles. The van der Waals surface area contributed by atoms with Crippen LogP contribution >= 0.6 is 11.6 Å². The van der Waals surface area contributed by atoms with Gasteiger partial charge in [-0.05, 0) is 72.9 Å². The lowest BCUT2D eigenvalue weighted by Crippen LogP contribution is -2.53. The van der Waals surface area contributed by atoms with E-state index in [1.165, 1.54) is 17.0 Å². The normalized spacial score (nSPS) is 11.9. The topological polar surface area (TPSA) is 86.8 Å². The van der Waals surface area contributed by atoms with Crippen LogP contribution < -0.4 is 9.62 Å². The average molecular weight is 646 g/mol. The first-order chi connectivity index (χ1) is 21.6. The van der Waals surface area contributed by atoms with Crippen LogP contribution in [0.15, 0.2) is 108 Å². The van der Waals surface area contributed by atoms with Gasteiger partial charge in [-0.3, -0.25) is 13.9 Å². The molecule has 0 aliphatic carbocycles. The molecule has 1 N–H and O–H groups in total. The number of aryl methyl sites for hydroxylation is 1. The molecule has 0 unspecified atom stereocenters. The van der Waals surface area contributed by atoms with Crippen molar-refractivity contribution in [2.75, 3.05) is 17.4 Å². The SMILES string of the molecule is CCCCNC(=O)[C@@H](Cc1ccccc1)N(Cc1cccc(Cl)c1)C(=O)CN(c1cccc(C)c1C)S(=O)(=O)c1ccccc1. The molecule has 45 heavy (non-hydrogen) atoms. The van der Waals surface area contributed by atoms with E-state index in [2.05, 4.69) is 5.32 Å². The van der Waals surface area contributed by atoms with E-state index in [-0.39, 0.29) is 23.8 Å². The fraction of sp³-hybridized carbons (Fsp3) is 0.278. The molecule has 0 aliphatic rings. The van der Waals surface area contributed by atoms with Gasteiger partial charge in [-0.1, -0.05) is 97.7 Å². The van der Waals surface area contributed by atoms with Gasteiger partial charge < -0.3 is 10.2 Å². The number of nitrogens with one attached hydrogen (secondary N) is 1. The molecule has 4 rings (SSSR count). The Morgan fingerprint density at radius 3 is 2.16 bits per heavy atom. The van der Waals surface area contributed by atoms with Crippen molar-refractivity contribution >= 4 is 39.1 Å². The second-order valence-corrected chi connectivity index (χ2v) is 13.3. The van der Waals surface area contributed by atoms with Crippen LogP contribution in [0.3, 0.4) is 0 Å². The molecule has 2 amide bonds. The first kappa shape index (κ1) is 33.7. The van der Waals surface area contributed by atoms with E-state index < -0.39 is 28.5 Å². The lowest BCUT2D eigenvalue weighted by Gasteiger charge is -2.34. The minimum atomic E-state index is -4.16. The highest BCUT2D eigenvalue weighted by molar-refractivity contribution is 7.92. The Morgan fingerprint density at radius 2 is 1.49 bits per heavy atom. The van der Waals surface area contributed by atoms with E-state index in [1.54, 1.807) is 48.5 Å². The smallest absolute Gasteiger partial charge is 0.264 e. The summed E-state index contributed by atoms with van der Waals surface area (Å²) < 4.78 is 29.5. The van der Waals surface area contributed by atoms with Crippen molar-refractivity contribution in [3.05, 3.63) is 130 Å². The van der Waals surface area contributed by atoms with Crippen LogP contribution in [-0.2, 0) is 32.6 Å². The molecule has 4 aromatic rings. The summed E-state index contributed by atoms with van der Waals surface area (Å²) >= 11 is 6.32. The van der Waals surface area contributed by atoms with Gasteiger partial charge in [-0.15, -0.1) is 0 Å². The predicted octanol–water partition coefficient (Wildman–Crippen LogP) is 6.71. The maximum atomic E-state index is 14.6. The number of benzene rings is 4. The van der Waals surface area contributed by atoms with E-state index in [4.69, 9.17) is 11.6 Å². The van der Waals surface area contributed by atoms with Crippen LogP contribution in [0.2, 0.25) is 5.02 Å². The number of sulfonamides is 1. The summed E-state index contributed by atoms with van der Waals surface area (Å²) in [5, 5.41) is 3.50. The van der Waals surface area contributed by atoms with Gasteiger partial charge >= 0.3 is 0 Å². The van der Waals surface area contributed by atoms with Crippen molar-refractivity contribution in [3.8, 4) is 0 Å². The van der Waals surface area contributed by atoms with E-state index in [1.807, 2.05) is 63.2 Å². The summed E-state index contributed by atoms with van der Waals surface area (Å²) in [5.74, 6) is -0.811. The predicted molar refractivity (Wildman–Crippen MR) is 181 cm³/mol. The van der Waals surface area contributed by atoms with Crippen molar-refractivity contribution in [3.63, 3.8) is 0 Å². The zero-order valence-electron chi connectivity index (χ0n) is 25.9. The highest BCUT2D eigenvalue weighted by Crippen LogP contribution is 2.29. The fourth-order valence-corrected chi connectivity index (χ4v) is 6.84. The third-order valence-electron chi connectivity index (χ3n) is 7.80. The molecule has 1 atom stereocenters. The number of rotatable bonds is 14. The Morgan fingerprint density at radius 1 is 0.844 bits per heavy atom. The number of halogens is 1. The van der Waals surface area contributed by atoms with Crippen molar-refractivity contribution in [2.24, 2.45) is 0 Å². The average Bonchev–Trinajstić information content (AvgIpc) is 3.04. The van der Waals surface area contributed by atoms with Gasteiger partial charge in [0.1, 0.15) is 12.6 Å². The van der Waals surface area contributed by atoms with Gasteiger partial charge in [0.05, 0.1) is 10.6 Å². The van der Waals surface area contributed by atoms with Gasteiger partial charge in [0.2, 0.25) is 11.8 Å². The molecule has 236 valence electrons.